The highest BCUT2D eigenvalue weighted by atomic mass is 79.9. The molecule has 0 unspecified atom stereocenters. The Bertz CT molecular complexity index is 541. The molecule has 0 aliphatic heterocycles. The molecular formula is C16H20BrNO. The zero-order valence-corrected chi connectivity index (χ0v) is 13.0. The Hall–Kier alpha value is -1.06. The van der Waals surface area contributed by atoms with Crippen LogP contribution in [-0.2, 0) is 0 Å². The molecule has 0 aliphatic carbocycles. The van der Waals surface area contributed by atoms with Gasteiger partial charge in [0.15, 0.2) is 0 Å². The molecule has 3 heteroatoms. The molecule has 1 N–H and O–H groups in total. The van der Waals surface area contributed by atoms with Crippen LogP contribution in [0, 0.1) is 0 Å². The van der Waals surface area contributed by atoms with E-state index in [1.807, 2.05) is 18.2 Å². The van der Waals surface area contributed by atoms with Gasteiger partial charge in [0.2, 0.25) is 0 Å². The van der Waals surface area contributed by atoms with E-state index in [1.165, 1.54) is 10.8 Å². The van der Waals surface area contributed by atoms with Crippen molar-refractivity contribution in [3.05, 3.63) is 40.9 Å². The van der Waals surface area contributed by atoms with Crippen LogP contribution in [0.15, 0.2) is 40.9 Å². The second-order valence-corrected chi connectivity index (χ2v) is 5.50. The first-order chi connectivity index (χ1) is 9.22. The van der Waals surface area contributed by atoms with E-state index in [0.29, 0.717) is 12.6 Å². The van der Waals surface area contributed by atoms with Gasteiger partial charge in [0.1, 0.15) is 12.4 Å². The standard InChI is InChI=1S/C16H20BrNO/c1-3-12(2)18-10-11-19-15-9-8-13-6-4-5-7-14(13)16(15)17/h4-9,12,18H,3,10-11H2,1-2H3/t12-/m0/s1. The first kappa shape index (κ1) is 14.4. The third kappa shape index (κ3) is 3.71. The van der Waals surface area contributed by atoms with E-state index in [-0.39, 0.29) is 0 Å². The normalized spacial score (nSPS) is 12.6. The van der Waals surface area contributed by atoms with E-state index < -0.39 is 0 Å². The Morgan fingerprint density at radius 1 is 1.21 bits per heavy atom. The van der Waals surface area contributed by atoms with Crippen LogP contribution < -0.4 is 10.1 Å². The highest BCUT2D eigenvalue weighted by molar-refractivity contribution is 9.10. The number of fused-ring (bicyclic) bond motifs is 1. The number of ether oxygens (including phenoxy) is 1. The van der Waals surface area contributed by atoms with Gasteiger partial charge in [-0.05, 0) is 46.1 Å². The summed E-state index contributed by atoms with van der Waals surface area (Å²) in [5, 5.41) is 5.83. The Kier molecular flexibility index (Phi) is 5.23. The van der Waals surface area contributed by atoms with Crippen LogP contribution in [0.5, 0.6) is 5.75 Å². The fourth-order valence-corrected chi connectivity index (χ4v) is 2.54. The van der Waals surface area contributed by atoms with Gasteiger partial charge in [-0.3, -0.25) is 0 Å². The van der Waals surface area contributed by atoms with E-state index in [9.17, 15) is 0 Å². The Morgan fingerprint density at radius 3 is 2.79 bits per heavy atom. The molecule has 2 aromatic carbocycles. The lowest BCUT2D eigenvalue weighted by molar-refractivity contribution is 0.305. The van der Waals surface area contributed by atoms with Gasteiger partial charge in [-0.1, -0.05) is 37.3 Å². The summed E-state index contributed by atoms with van der Waals surface area (Å²) >= 11 is 3.63. The molecule has 0 aromatic heterocycles. The van der Waals surface area contributed by atoms with Crippen LogP contribution in [-0.4, -0.2) is 19.2 Å². The van der Waals surface area contributed by atoms with E-state index in [1.54, 1.807) is 0 Å². The third-order valence-electron chi connectivity index (χ3n) is 3.29. The van der Waals surface area contributed by atoms with E-state index in [2.05, 4.69) is 53.3 Å². The number of nitrogens with one attached hydrogen (secondary N) is 1. The minimum atomic E-state index is 0.545. The summed E-state index contributed by atoms with van der Waals surface area (Å²) in [6.07, 6.45) is 1.14. The second-order valence-electron chi connectivity index (χ2n) is 4.71. The van der Waals surface area contributed by atoms with Crippen molar-refractivity contribution in [2.24, 2.45) is 0 Å². The predicted octanol–water partition coefficient (Wildman–Crippen LogP) is 4.37. The molecule has 2 rings (SSSR count). The maximum absolute atomic E-state index is 5.83. The smallest absolute Gasteiger partial charge is 0.134 e. The molecule has 0 bridgehead atoms. The van der Waals surface area contributed by atoms with Crippen LogP contribution in [0.4, 0.5) is 0 Å². The minimum Gasteiger partial charge on any atom is -0.491 e. The summed E-state index contributed by atoms with van der Waals surface area (Å²) in [6, 6.07) is 13.0. The van der Waals surface area contributed by atoms with Gasteiger partial charge in [0.05, 0.1) is 4.47 Å². The molecule has 0 fully saturated rings. The van der Waals surface area contributed by atoms with Crippen molar-refractivity contribution in [2.75, 3.05) is 13.2 Å². The molecule has 102 valence electrons. The Labute approximate surface area is 123 Å². The van der Waals surface area contributed by atoms with Gasteiger partial charge in [-0.15, -0.1) is 0 Å². The Morgan fingerprint density at radius 2 is 2.00 bits per heavy atom. The summed E-state index contributed by atoms with van der Waals surface area (Å²) < 4.78 is 6.87. The molecule has 0 heterocycles. The topological polar surface area (TPSA) is 21.3 Å². The van der Waals surface area contributed by atoms with Crippen molar-refractivity contribution in [2.45, 2.75) is 26.3 Å². The van der Waals surface area contributed by atoms with Crippen molar-refractivity contribution in [1.29, 1.82) is 0 Å². The van der Waals surface area contributed by atoms with Crippen LogP contribution in [0.25, 0.3) is 10.8 Å². The quantitative estimate of drug-likeness (QED) is 0.798. The Balaban J connectivity index is 1.99. The summed E-state index contributed by atoms with van der Waals surface area (Å²) in [6.45, 7) is 5.92. The second kappa shape index (κ2) is 6.92. The lowest BCUT2D eigenvalue weighted by Crippen LogP contribution is -2.29. The lowest BCUT2D eigenvalue weighted by atomic mass is 10.1. The van der Waals surface area contributed by atoms with Gasteiger partial charge in [-0.2, -0.15) is 0 Å². The van der Waals surface area contributed by atoms with Crippen LogP contribution in [0.2, 0.25) is 0 Å². The first-order valence-corrected chi connectivity index (χ1v) is 7.55. The molecule has 0 amide bonds. The van der Waals surface area contributed by atoms with Crippen molar-refractivity contribution >= 4 is 26.7 Å². The van der Waals surface area contributed by atoms with Crippen LogP contribution in [0.3, 0.4) is 0 Å². The van der Waals surface area contributed by atoms with E-state index >= 15 is 0 Å². The number of hydrogen-bond acceptors (Lipinski definition) is 2. The number of rotatable bonds is 6. The highest BCUT2D eigenvalue weighted by Gasteiger charge is 2.05. The SMILES string of the molecule is CC[C@H](C)NCCOc1ccc2ccccc2c1Br. The van der Waals surface area contributed by atoms with Crippen molar-refractivity contribution in [3.63, 3.8) is 0 Å². The number of hydrogen-bond donors (Lipinski definition) is 1. The molecule has 0 radical (unpaired) electrons. The van der Waals surface area contributed by atoms with Gasteiger partial charge >= 0.3 is 0 Å². The van der Waals surface area contributed by atoms with Gasteiger partial charge in [0, 0.05) is 12.6 Å². The fraction of sp³-hybridized carbons (Fsp3) is 0.375. The average molecular weight is 322 g/mol. The zero-order valence-electron chi connectivity index (χ0n) is 11.4. The summed E-state index contributed by atoms with van der Waals surface area (Å²) in [5.74, 6) is 0.907. The maximum Gasteiger partial charge on any atom is 0.134 e. The van der Waals surface area contributed by atoms with Crippen molar-refractivity contribution in [1.82, 2.24) is 5.32 Å². The van der Waals surface area contributed by atoms with Gasteiger partial charge in [0.25, 0.3) is 0 Å². The largest absolute Gasteiger partial charge is 0.491 e. The summed E-state index contributed by atoms with van der Waals surface area (Å²) in [4.78, 5) is 0. The molecule has 0 spiro atoms. The first-order valence-electron chi connectivity index (χ1n) is 6.75. The third-order valence-corrected chi connectivity index (χ3v) is 4.11. The molecular weight excluding hydrogens is 302 g/mol. The average Bonchev–Trinajstić information content (AvgIpc) is 2.45. The zero-order chi connectivity index (χ0) is 13.7. The lowest BCUT2D eigenvalue weighted by Gasteiger charge is -2.13. The van der Waals surface area contributed by atoms with E-state index in [4.69, 9.17) is 4.74 Å². The van der Waals surface area contributed by atoms with Crippen LogP contribution >= 0.6 is 15.9 Å². The highest BCUT2D eigenvalue weighted by Crippen LogP contribution is 2.32. The molecule has 0 saturated carbocycles. The van der Waals surface area contributed by atoms with Crippen molar-refractivity contribution in [3.8, 4) is 5.75 Å². The maximum atomic E-state index is 5.83. The predicted molar refractivity (Wildman–Crippen MR) is 84.9 cm³/mol. The summed E-state index contributed by atoms with van der Waals surface area (Å²) in [5.41, 5.74) is 0. The monoisotopic (exact) mass is 321 g/mol. The molecule has 1 atom stereocenters. The molecule has 19 heavy (non-hydrogen) atoms. The molecule has 2 nitrogen and oxygen atoms in total. The molecule has 2 aromatic rings. The van der Waals surface area contributed by atoms with Crippen LogP contribution in [0.1, 0.15) is 20.3 Å². The van der Waals surface area contributed by atoms with Crippen molar-refractivity contribution < 1.29 is 4.74 Å². The number of halogens is 1. The number of benzene rings is 2. The van der Waals surface area contributed by atoms with Gasteiger partial charge in [-0.25, -0.2) is 0 Å². The van der Waals surface area contributed by atoms with E-state index in [0.717, 1.165) is 23.2 Å². The molecule has 0 aliphatic rings. The van der Waals surface area contributed by atoms with Gasteiger partial charge < -0.3 is 10.1 Å². The minimum absolute atomic E-state index is 0.545. The molecule has 0 saturated heterocycles. The summed E-state index contributed by atoms with van der Waals surface area (Å²) in [7, 11) is 0. The fourth-order valence-electron chi connectivity index (χ4n) is 1.94.